The molecule has 1 amide bonds. The van der Waals surface area contributed by atoms with Crippen LogP contribution in [-0.4, -0.2) is 40.5 Å². The van der Waals surface area contributed by atoms with Crippen molar-refractivity contribution in [2.75, 3.05) is 13.1 Å². The Bertz CT molecular complexity index is 1130. The lowest BCUT2D eigenvalue weighted by atomic mass is 9.98. The van der Waals surface area contributed by atoms with Crippen molar-refractivity contribution >= 4 is 16.8 Å². The van der Waals surface area contributed by atoms with E-state index in [1.54, 1.807) is 0 Å². The van der Waals surface area contributed by atoms with Crippen LogP contribution in [0.1, 0.15) is 48.8 Å². The van der Waals surface area contributed by atoms with E-state index in [9.17, 15) is 9.70 Å². The van der Waals surface area contributed by atoms with Gasteiger partial charge in [0.1, 0.15) is 0 Å². The summed E-state index contributed by atoms with van der Waals surface area (Å²) in [6.07, 6.45) is 1.04. The van der Waals surface area contributed by atoms with E-state index in [2.05, 4.69) is 50.7 Å². The van der Waals surface area contributed by atoms with Crippen LogP contribution < -0.4 is 5.32 Å². The second-order valence-electron chi connectivity index (χ2n) is 9.61. The number of fused-ring (bicyclic) bond motifs is 1. The number of rotatable bonds is 6. The average Bonchev–Trinajstić information content (AvgIpc) is 3.09. The molecule has 0 saturated carbocycles. The second kappa shape index (κ2) is 8.27. The number of benzene rings is 2. The monoisotopic (exact) mass is 418 g/mol. The molecule has 6 heteroatoms. The molecule has 1 aliphatic heterocycles. The number of hydrogen-bond acceptors (Lipinski definition) is 4. The zero-order valence-corrected chi connectivity index (χ0v) is 18.7. The minimum absolute atomic E-state index is 0.0589. The predicted octanol–water partition coefficient (Wildman–Crippen LogP) is 5.01. The van der Waals surface area contributed by atoms with Crippen molar-refractivity contribution in [1.29, 1.82) is 0 Å². The summed E-state index contributed by atoms with van der Waals surface area (Å²) in [6, 6.07) is 14.8. The quantitative estimate of drug-likeness (QED) is 0.552. The molecule has 2 heterocycles. The Kier molecular flexibility index (Phi) is 5.67. The highest BCUT2D eigenvalue weighted by Crippen LogP contribution is 2.28. The molecule has 2 N–H and O–H groups in total. The SMILES string of the molecule is Cc1cc(C(=O)NC(C)(C)C)cc(-c2ccc3[nH]c(CN4CCC4CN=O)cc3c2)c1. The second-order valence-corrected chi connectivity index (χ2v) is 9.61. The topological polar surface area (TPSA) is 77.6 Å². The van der Waals surface area contributed by atoms with Crippen LogP contribution in [0.5, 0.6) is 0 Å². The van der Waals surface area contributed by atoms with E-state index in [1.165, 1.54) is 0 Å². The summed E-state index contributed by atoms with van der Waals surface area (Å²) in [5, 5.41) is 7.23. The lowest BCUT2D eigenvalue weighted by Gasteiger charge is -2.39. The van der Waals surface area contributed by atoms with Crippen LogP contribution >= 0.6 is 0 Å². The first-order valence-corrected chi connectivity index (χ1v) is 10.8. The Hall–Kier alpha value is -2.99. The van der Waals surface area contributed by atoms with E-state index in [4.69, 9.17) is 0 Å². The first-order chi connectivity index (χ1) is 14.7. The van der Waals surface area contributed by atoms with E-state index in [0.29, 0.717) is 12.1 Å². The molecule has 162 valence electrons. The lowest BCUT2D eigenvalue weighted by molar-refractivity contribution is 0.0871. The third kappa shape index (κ3) is 4.85. The van der Waals surface area contributed by atoms with Gasteiger partial charge in [-0.15, -0.1) is 0 Å². The largest absolute Gasteiger partial charge is 0.357 e. The van der Waals surface area contributed by atoms with Gasteiger partial charge >= 0.3 is 0 Å². The molecule has 4 rings (SSSR count). The van der Waals surface area contributed by atoms with E-state index in [0.717, 1.165) is 52.8 Å². The summed E-state index contributed by atoms with van der Waals surface area (Å²) in [5.74, 6) is -0.0589. The molecular formula is C25H30N4O2. The molecule has 1 fully saturated rings. The Morgan fingerprint density at radius 3 is 2.65 bits per heavy atom. The predicted molar refractivity (Wildman–Crippen MR) is 125 cm³/mol. The fourth-order valence-corrected chi connectivity index (χ4v) is 4.17. The molecule has 2 aromatic carbocycles. The molecule has 0 radical (unpaired) electrons. The van der Waals surface area contributed by atoms with E-state index in [1.807, 2.05) is 39.8 Å². The maximum atomic E-state index is 12.7. The Morgan fingerprint density at radius 2 is 1.97 bits per heavy atom. The van der Waals surface area contributed by atoms with Crippen LogP contribution in [-0.2, 0) is 6.54 Å². The molecule has 3 aromatic rings. The number of carbonyl (C=O) groups excluding carboxylic acids is 1. The molecule has 6 nitrogen and oxygen atoms in total. The van der Waals surface area contributed by atoms with E-state index >= 15 is 0 Å². The van der Waals surface area contributed by atoms with Gasteiger partial charge in [-0.25, -0.2) is 0 Å². The Balaban J connectivity index is 1.58. The number of carbonyl (C=O) groups is 1. The van der Waals surface area contributed by atoms with Gasteiger partial charge in [0.15, 0.2) is 0 Å². The van der Waals surface area contributed by atoms with Gasteiger partial charge in [-0.05, 0) is 81.1 Å². The third-order valence-corrected chi connectivity index (χ3v) is 5.76. The molecule has 1 aromatic heterocycles. The third-order valence-electron chi connectivity index (χ3n) is 5.76. The highest BCUT2D eigenvalue weighted by atomic mass is 16.3. The molecule has 0 bridgehead atoms. The summed E-state index contributed by atoms with van der Waals surface area (Å²) >= 11 is 0. The molecular weight excluding hydrogens is 388 g/mol. The number of nitrogens with zero attached hydrogens (tertiary/aromatic N) is 2. The first kappa shape index (κ1) is 21.2. The van der Waals surface area contributed by atoms with Crippen molar-refractivity contribution in [2.45, 2.75) is 52.2 Å². The fourth-order valence-electron chi connectivity index (χ4n) is 4.17. The van der Waals surface area contributed by atoms with Gasteiger partial charge < -0.3 is 10.3 Å². The molecule has 0 aliphatic carbocycles. The van der Waals surface area contributed by atoms with Crippen LogP contribution in [0.15, 0.2) is 47.6 Å². The van der Waals surface area contributed by atoms with Gasteiger partial charge in [0.2, 0.25) is 0 Å². The van der Waals surface area contributed by atoms with Gasteiger partial charge in [0.25, 0.3) is 5.91 Å². The molecule has 31 heavy (non-hydrogen) atoms. The van der Waals surface area contributed by atoms with Crippen molar-refractivity contribution in [3.8, 4) is 11.1 Å². The van der Waals surface area contributed by atoms with Crippen molar-refractivity contribution in [3.05, 3.63) is 64.2 Å². The number of hydrogen-bond donors (Lipinski definition) is 2. The summed E-state index contributed by atoms with van der Waals surface area (Å²) < 4.78 is 0. The minimum Gasteiger partial charge on any atom is -0.357 e. The molecule has 1 atom stereocenters. The number of nitroso groups, excluding NO2 is 1. The Morgan fingerprint density at radius 1 is 1.16 bits per heavy atom. The number of amides is 1. The van der Waals surface area contributed by atoms with Crippen LogP contribution in [0, 0.1) is 11.8 Å². The fraction of sp³-hybridized carbons (Fsp3) is 0.400. The first-order valence-electron chi connectivity index (χ1n) is 10.8. The van der Waals surface area contributed by atoms with Crippen LogP contribution in [0.4, 0.5) is 0 Å². The highest BCUT2D eigenvalue weighted by Gasteiger charge is 2.28. The number of H-pyrrole nitrogens is 1. The molecule has 1 saturated heterocycles. The average molecular weight is 419 g/mol. The smallest absolute Gasteiger partial charge is 0.251 e. The number of aryl methyl sites for hydroxylation is 1. The van der Waals surface area contributed by atoms with Crippen molar-refractivity contribution in [2.24, 2.45) is 5.18 Å². The maximum absolute atomic E-state index is 12.7. The number of nitrogens with one attached hydrogen (secondary N) is 2. The summed E-state index contributed by atoms with van der Waals surface area (Å²) in [4.78, 5) is 29.0. The number of aromatic nitrogens is 1. The summed E-state index contributed by atoms with van der Waals surface area (Å²) in [5.41, 5.74) is 5.78. The minimum atomic E-state index is -0.279. The van der Waals surface area contributed by atoms with Crippen LogP contribution in [0.2, 0.25) is 0 Å². The van der Waals surface area contributed by atoms with Gasteiger partial charge in [-0.1, -0.05) is 17.3 Å². The highest BCUT2D eigenvalue weighted by molar-refractivity contribution is 5.96. The van der Waals surface area contributed by atoms with Crippen molar-refractivity contribution in [3.63, 3.8) is 0 Å². The number of likely N-dealkylation sites (tertiary alicyclic amines) is 1. The zero-order valence-electron chi connectivity index (χ0n) is 18.7. The van der Waals surface area contributed by atoms with Gasteiger partial charge in [0.05, 0.1) is 6.54 Å². The van der Waals surface area contributed by atoms with E-state index < -0.39 is 0 Å². The standard InChI is InChI=1S/C25H30N4O2/c1-16-9-18(12-20(10-16)24(30)28-25(2,3)4)17-5-6-23-19(11-17)13-21(27-23)15-29-8-7-22(29)14-26-31/h5-6,9-13,22,27H,7-8,14-15H2,1-4H3,(H,28,30). The van der Waals surface area contributed by atoms with Crippen molar-refractivity contribution in [1.82, 2.24) is 15.2 Å². The normalized spacial score (nSPS) is 16.8. The summed E-state index contributed by atoms with van der Waals surface area (Å²) in [6.45, 7) is 10.1. The summed E-state index contributed by atoms with van der Waals surface area (Å²) in [7, 11) is 0. The molecule has 0 spiro atoms. The zero-order chi connectivity index (χ0) is 22.2. The van der Waals surface area contributed by atoms with Gasteiger partial charge in [-0.2, -0.15) is 4.91 Å². The van der Waals surface area contributed by atoms with Crippen LogP contribution in [0.25, 0.3) is 22.0 Å². The maximum Gasteiger partial charge on any atom is 0.251 e. The Labute approximate surface area is 183 Å². The molecule has 1 aliphatic rings. The molecule has 1 unspecified atom stereocenters. The van der Waals surface area contributed by atoms with E-state index in [-0.39, 0.29) is 17.5 Å². The lowest BCUT2D eigenvalue weighted by Crippen LogP contribution is -2.48. The number of aromatic amines is 1. The van der Waals surface area contributed by atoms with Gasteiger partial charge in [0, 0.05) is 46.8 Å². The van der Waals surface area contributed by atoms with Crippen LogP contribution in [0.3, 0.4) is 0 Å². The van der Waals surface area contributed by atoms with Crippen molar-refractivity contribution < 1.29 is 4.79 Å². The van der Waals surface area contributed by atoms with Gasteiger partial charge in [-0.3, -0.25) is 9.69 Å².